The number of hydrogen-bond acceptors (Lipinski definition) is 4. The second-order valence-electron chi connectivity index (χ2n) is 7.32. The molecule has 4 rings (SSSR count). The van der Waals surface area contributed by atoms with Crippen LogP contribution in [0.4, 0.5) is 8.78 Å². The first kappa shape index (κ1) is 18.1. The molecule has 8 heteroatoms. The van der Waals surface area contributed by atoms with Gasteiger partial charge in [-0.15, -0.1) is 0 Å². The number of imidazole rings is 1. The van der Waals surface area contributed by atoms with Gasteiger partial charge in [-0.25, -0.2) is 13.8 Å². The minimum absolute atomic E-state index is 0.0362. The summed E-state index contributed by atoms with van der Waals surface area (Å²) in [5, 5.41) is 2.83. The average Bonchev–Trinajstić information content (AvgIpc) is 3.35. The molecule has 1 aromatic carbocycles. The number of carbonyl (C=O) groups excluding carboxylic acids is 1. The van der Waals surface area contributed by atoms with Crippen LogP contribution in [-0.2, 0) is 22.6 Å². The van der Waals surface area contributed by atoms with Gasteiger partial charge in [0.25, 0.3) is 0 Å². The number of nitrogens with zero attached hydrogens (tertiary/aromatic N) is 3. The van der Waals surface area contributed by atoms with Gasteiger partial charge in [0.2, 0.25) is 5.91 Å². The third-order valence-electron chi connectivity index (χ3n) is 5.58. The lowest BCUT2D eigenvalue weighted by molar-refractivity contribution is -0.131. The van der Waals surface area contributed by atoms with Crippen LogP contribution < -0.4 is 5.32 Å². The van der Waals surface area contributed by atoms with Gasteiger partial charge < -0.3 is 14.6 Å². The van der Waals surface area contributed by atoms with E-state index < -0.39 is 17.0 Å². The van der Waals surface area contributed by atoms with E-state index in [0.717, 1.165) is 25.7 Å². The molecule has 0 radical (unpaired) electrons. The molecule has 2 atom stereocenters. The van der Waals surface area contributed by atoms with Gasteiger partial charge in [-0.3, -0.25) is 9.69 Å². The number of likely N-dealkylation sites (tertiary alicyclic amines) is 1. The number of ether oxygens (including phenoxy) is 1. The summed E-state index contributed by atoms with van der Waals surface area (Å²) < 4.78 is 34.4. The van der Waals surface area contributed by atoms with E-state index in [1.165, 1.54) is 12.1 Å². The van der Waals surface area contributed by atoms with Crippen molar-refractivity contribution < 1.29 is 18.3 Å². The van der Waals surface area contributed by atoms with Gasteiger partial charge >= 0.3 is 0 Å². The van der Waals surface area contributed by atoms with E-state index in [-0.39, 0.29) is 23.9 Å². The molecule has 2 aliphatic heterocycles. The van der Waals surface area contributed by atoms with Gasteiger partial charge in [0.1, 0.15) is 11.6 Å². The van der Waals surface area contributed by atoms with Crippen molar-refractivity contribution >= 4 is 5.91 Å². The minimum Gasteiger partial charge on any atom is -0.380 e. The number of halogens is 2. The third kappa shape index (κ3) is 3.59. The van der Waals surface area contributed by atoms with Crippen LogP contribution in [0.25, 0.3) is 0 Å². The molecule has 6 nitrogen and oxygen atoms in total. The molecular formula is C19H22F2N4O2. The summed E-state index contributed by atoms with van der Waals surface area (Å²) in [4.78, 5) is 19.3. The number of nitrogens with one attached hydrogen (secondary N) is 1. The summed E-state index contributed by atoms with van der Waals surface area (Å²) in [5.41, 5.74) is -0.336. The largest absolute Gasteiger partial charge is 0.380 e. The van der Waals surface area contributed by atoms with Gasteiger partial charge in [-0.05, 0) is 6.07 Å². The van der Waals surface area contributed by atoms with E-state index in [0.29, 0.717) is 19.8 Å². The zero-order chi connectivity index (χ0) is 18.9. The summed E-state index contributed by atoms with van der Waals surface area (Å²) >= 11 is 0. The van der Waals surface area contributed by atoms with Crippen LogP contribution in [0.1, 0.15) is 5.56 Å². The normalized spacial score (nSPS) is 24.9. The smallest absolute Gasteiger partial charge is 0.230 e. The first-order chi connectivity index (χ1) is 13.1. The maximum Gasteiger partial charge on any atom is 0.230 e. The van der Waals surface area contributed by atoms with E-state index in [1.54, 1.807) is 12.5 Å². The number of carbonyl (C=O) groups is 1. The Kier molecular flexibility index (Phi) is 4.92. The molecule has 1 N–H and O–H groups in total. The maximum absolute atomic E-state index is 13.8. The molecule has 144 valence electrons. The topological polar surface area (TPSA) is 59.4 Å². The highest BCUT2D eigenvalue weighted by molar-refractivity contribution is 5.84. The molecule has 3 heterocycles. The van der Waals surface area contributed by atoms with Gasteiger partial charge in [-0.1, -0.05) is 6.07 Å². The molecule has 27 heavy (non-hydrogen) atoms. The van der Waals surface area contributed by atoms with Crippen LogP contribution in [-0.4, -0.2) is 53.2 Å². The number of rotatable bonds is 6. The zero-order valence-electron chi connectivity index (χ0n) is 14.9. The fourth-order valence-corrected chi connectivity index (χ4v) is 4.02. The van der Waals surface area contributed by atoms with Crippen LogP contribution in [0, 0.1) is 23.0 Å². The first-order valence-electron chi connectivity index (χ1n) is 9.05. The lowest BCUT2D eigenvalue weighted by Gasteiger charge is -2.26. The van der Waals surface area contributed by atoms with Crippen LogP contribution in [0.15, 0.2) is 36.9 Å². The number of hydrogen-bond donors (Lipinski definition) is 1. The summed E-state index contributed by atoms with van der Waals surface area (Å²) in [7, 11) is 0. The minimum atomic E-state index is -0.652. The number of fused-ring (bicyclic) bond motifs is 1. The van der Waals surface area contributed by atoms with Crippen LogP contribution in [0.2, 0.25) is 0 Å². The van der Waals surface area contributed by atoms with Crippen molar-refractivity contribution in [1.29, 1.82) is 0 Å². The van der Waals surface area contributed by atoms with Crippen LogP contribution in [0.5, 0.6) is 0 Å². The molecule has 0 unspecified atom stereocenters. The lowest BCUT2D eigenvalue weighted by Crippen LogP contribution is -2.46. The lowest BCUT2D eigenvalue weighted by atomic mass is 9.80. The van der Waals surface area contributed by atoms with Crippen molar-refractivity contribution in [3.8, 4) is 0 Å². The molecule has 2 saturated heterocycles. The highest BCUT2D eigenvalue weighted by Crippen LogP contribution is 2.41. The molecule has 1 amide bonds. The highest BCUT2D eigenvalue weighted by atomic mass is 19.1. The summed E-state index contributed by atoms with van der Waals surface area (Å²) in [6.45, 7) is 4.02. The van der Waals surface area contributed by atoms with E-state index >= 15 is 0 Å². The van der Waals surface area contributed by atoms with Gasteiger partial charge in [-0.2, -0.15) is 0 Å². The molecular weight excluding hydrogens is 354 g/mol. The maximum atomic E-state index is 13.8. The Morgan fingerprint density at radius 2 is 2.26 bits per heavy atom. The average molecular weight is 376 g/mol. The Morgan fingerprint density at radius 1 is 1.37 bits per heavy atom. The molecule has 0 bridgehead atoms. The van der Waals surface area contributed by atoms with Gasteiger partial charge in [0.15, 0.2) is 0 Å². The van der Waals surface area contributed by atoms with E-state index in [1.807, 2.05) is 10.8 Å². The fraction of sp³-hybridized carbons (Fsp3) is 0.474. The van der Waals surface area contributed by atoms with Gasteiger partial charge in [0, 0.05) is 62.7 Å². The molecule has 2 aromatic rings. The molecule has 0 saturated carbocycles. The standard InChI is InChI=1S/C19H22F2N4O2/c20-16-2-1-14(17(21)7-16)8-23-18(26)19-11-25(9-15(19)10-27-12-19)6-5-24-4-3-22-13-24/h1-4,7,13,15H,5-6,8-12H2,(H,23,26)/t15-,19-/m1/s1. The Morgan fingerprint density at radius 3 is 3.04 bits per heavy atom. The monoisotopic (exact) mass is 376 g/mol. The number of benzene rings is 1. The van der Waals surface area contributed by atoms with Gasteiger partial charge in [0.05, 0.1) is 25.0 Å². The van der Waals surface area contributed by atoms with Crippen LogP contribution in [0.3, 0.4) is 0 Å². The molecule has 2 fully saturated rings. The summed E-state index contributed by atoms with van der Waals surface area (Å²) in [6, 6.07) is 3.38. The second kappa shape index (κ2) is 7.36. The SMILES string of the molecule is O=C(NCc1ccc(F)cc1F)[C@]12COC[C@H]1CN(CCn1ccnc1)C2. The van der Waals surface area contributed by atoms with Crippen molar-refractivity contribution in [3.05, 3.63) is 54.1 Å². The number of amides is 1. The van der Waals surface area contributed by atoms with Crippen molar-refractivity contribution in [3.63, 3.8) is 0 Å². The number of aromatic nitrogens is 2. The highest BCUT2D eigenvalue weighted by Gasteiger charge is 2.55. The summed E-state index contributed by atoms with van der Waals surface area (Å²) in [5.74, 6) is -1.28. The molecule has 0 spiro atoms. The second-order valence-corrected chi connectivity index (χ2v) is 7.32. The van der Waals surface area contributed by atoms with Crippen LogP contribution >= 0.6 is 0 Å². The van der Waals surface area contributed by atoms with Crippen molar-refractivity contribution in [2.24, 2.45) is 11.3 Å². The van der Waals surface area contributed by atoms with Crippen molar-refractivity contribution in [2.45, 2.75) is 13.1 Å². The first-order valence-corrected chi connectivity index (χ1v) is 9.05. The Labute approximate surface area is 156 Å². The van der Waals surface area contributed by atoms with Crippen molar-refractivity contribution in [1.82, 2.24) is 19.8 Å². The zero-order valence-corrected chi connectivity index (χ0v) is 14.9. The van der Waals surface area contributed by atoms with E-state index in [2.05, 4.69) is 15.2 Å². The molecule has 2 aliphatic rings. The predicted molar refractivity (Wildman–Crippen MR) is 93.6 cm³/mol. The molecule has 0 aliphatic carbocycles. The summed E-state index contributed by atoms with van der Waals surface area (Å²) in [6.07, 6.45) is 5.44. The molecule has 1 aromatic heterocycles. The predicted octanol–water partition coefficient (Wildman–Crippen LogP) is 1.43. The quantitative estimate of drug-likeness (QED) is 0.829. The van der Waals surface area contributed by atoms with E-state index in [4.69, 9.17) is 4.74 Å². The fourth-order valence-electron chi connectivity index (χ4n) is 4.02. The Balaban J connectivity index is 1.38. The Hall–Kier alpha value is -2.32. The Bertz CT molecular complexity index is 814. The van der Waals surface area contributed by atoms with E-state index in [9.17, 15) is 13.6 Å². The third-order valence-corrected chi connectivity index (χ3v) is 5.58. The van der Waals surface area contributed by atoms with Crippen molar-refractivity contribution in [2.75, 3.05) is 32.8 Å².